The number of amides is 1. The third-order valence-electron chi connectivity index (χ3n) is 3.40. The molecule has 0 N–H and O–H groups in total. The van der Waals surface area contributed by atoms with E-state index >= 15 is 0 Å². The van der Waals surface area contributed by atoms with Crippen molar-refractivity contribution in [1.82, 2.24) is 4.90 Å². The van der Waals surface area contributed by atoms with Gasteiger partial charge in [0.2, 0.25) is 0 Å². The van der Waals surface area contributed by atoms with Gasteiger partial charge in [0.1, 0.15) is 0 Å². The second-order valence-electron chi connectivity index (χ2n) is 4.69. The van der Waals surface area contributed by atoms with Gasteiger partial charge in [-0.05, 0) is 32.3 Å². The number of hydrogen-bond donors (Lipinski definition) is 0. The van der Waals surface area contributed by atoms with Crippen molar-refractivity contribution < 1.29 is 22.4 Å². The van der Waals surface area contributed by atoms with Crippen LogP contribution in [-0.4, -0.2) is 23.4 Å². The molecule has 1 unspecified atom stereocenters. The number of hydrogen-bond acceptors (Lipinski definition) is 1. The molecule has 1 aliphatic rings. The van der Waals surface area contributed by atoms with E-state index in [0.717, 1.165) is 19.3 Å². The Morgan fingerprint density at radius 3 is 2.47 bits per heavy atom. The number of halogens is 4. The monoisotopic (exact) mass is 275 g/mol. The van der Waals surface area contributed by atoms with Crippen LogP contribution in [0.2, 0.25) is 0 Å². The van der Waals surface area contributed by atoms with E-state index in [1.807, 2.05) is 0 Å². The second-order valence-corrected chi connectivity index (χ2v) is 4.69. The minimum atomic E-state index is -1.95. The molecule has 1 atom stereocenters. The van der Waals surface area contributed by atoms with Gasteiger partial charge in [-0.1, -0.05) is 0 Å². The molecule has 0 spiro atoms. The van der Waals surface area contributed by atoms with Gasteiger partial charge >= 0.3 is 0 Å². The molecule has 0 radical (unpaired) electrons. The summed E-state index contributed by atoms with van der Waals surface area (Å²) in [7, 11) is 0. The zero-order chi connectivity index (χ0) is 14.2. The third kappa shape index (κ3) is 2.43. The Morgan fingerprint density at radius 2 is 1.84 bits per heavy atom. The van der Waals surface area contributed by atoms with Crippen molar-refractivity contribution in [3.8, 4) is 0 Å². The number of nitrogens with zero attached hydrogens (tertiary/aromatic N) is 1. The number of benzene rings is 1. The first kappa shape index (κ1) is 13.8. The highest BCUT2D eigenvalue weighted by atomic mass is 19.2. The van der Waals surface area contributed by atoms with Crippen LogP contribution in [0.3, 0.4) is 0 Å². The van der Waals surface area contributed by atoms with E-state index in [9.17, 15) is 22.4 Å². The molecule has 1 aromatic rings. The summed E-state index contributed by atoms with van der Waals surface area (Å²) in [4.78, 5) is 13.4. The molecule has 104 valence electrons. The van der Waals surface area contributed by atoms with Gasteiger partial charge in [-0.25, -0.2) is 17.6 Å². The van der Waals surface area contributed by atoms with Crippen LogP contribution in [0.1, 0.15) is 36.5 Å². The fourth-order valence-electron chi connectivity index (χ4n) is 2.28. The Labute approximate surface area is 108 Å². The van der Waals surface area contributed by atoms with E-state index in [2.05, 4.69) is 0 Å². The summed E-state index contributed by atoms with van der Waals surface area (Å²) in [5.41, 5.74) is -0.759. The van der Waals surface area contributed by atoms with E-state index in [1.54, 1.807) is 6.92 Å². The van der Waals surface area contributed by atoms with Gasteiger partial charge in [0.25, 0.3) is 5.91 Å². The number of carbonyl (C=O) groups is 1. The standard InChI is InChI=1S/C13H13F4NO/c1-7-4-2-3-5-18(7)13(19)8-6-9(14)11(16)12(17)10(8)15/h6-7H,2-5H2,1H3. The molecule has 1 amide bonds. The van der Waals surface area contributed by atoms with Crippen LogP contribution in [0.15, 0.2) is 6.07 Å². The van der Waals surface area contributed by atoms with Gasteiger partial charge in [-0.15, -0.1) is 0 Å². The molecule has 2 nitrogen and oxygen atoms in total. The zero-order valence-corrected chi connectivity index (χ0v) is 10.4. The summed E-state index contributed by atoms with van der Waals surface area (Å²) in [5, 5.41) is 0. The minimum absolute atomic E-state index is 0.128. The van der Waals surface area contributed by atoms with E-state index in [-0.39, 0.29) is 6.04 Å². The summed E-state index contributed by atoms with van der Waals surface area (Å²) in [5.74, 6) is -7.86. The first-order valence-electron chi connectivity index (χ1n) is 6.07. The van der Waals surface area contributed by atoms with Gasteiger partial charge in [0.05, 0.1) is 5.56 Å². The fraction of sp³-hybridized carbons (Fsp3) is 0.462. The number of likely N-dealkylation sites (tertiary alicyclic amines) is 1. The molecule has 1 heterocycles. The van der Waals surface area contributed by atoms with Gasteiger partial charge in [0.15, 0.2) is 23.3 Å². The largest absolute Gasteiger partial charge is 0.336 e. The zero-order valence-electron chi connectivity index (χ0n) is 10.4. The first-order chi connectivity index (χ1) is 8.93. The van der Waals surface area contributed by atoms with Gasteiger partial charge in [-0.3, -0.25) is 4.79 Å². The summed E-state index contributed by atoms with van der Waals surface area (Å²) in [6, 6.07) is 0.286. The quantitative estimate of drug-likeness (QED) is 0.437. The maximum Gasteiger partial charge on any atom is 0.257 e. The molecule has 6 heteroatoms. The Morgan fingerprint density at radius 1 is 1.16 bits per heavy atom. The summed E-state index contributed by atoms with van der Waals surface area (Å²) in [6.07, 6.45) is 2.45. The molecule has 0 aromatic heterocycles. The third-order valence-corrected chi connectivity index (χ3v) is 3.40. The van der Waals surface area contributed by atoms with Crippen LogP contribution >= 0.6 is 0 Å². The molecule has 19 heavy (non-hydrogen) atoms. The Kier molecular flexibility index (Phi) is 3.78. The molecule has 1 aliphatic heterocycles. The van der Waals surface area contributed by atoms with Crippen molar-refractivity contribution in [2.75, 3.05) is 6.54 Å². The van der Waals surface area contributed by atoms with Crippen LogP contribution in [0.25, 0.3) is 0 Å². The summed E-state index contributed by atoms with van der Waals surface area (Å²) in [6.45, 7) is 2.19. The van der Waals surface area contributed by atoms with Crippen LogP contribution in [0.4, 0.5) is 17.6 Å². The molecule has 2 rings (SSSR count). The van der Waals surface area contributed by atoms with E-state index in [4.69, 9.17) is 0 Å². The van der Waals surface area contributed by atoms with Crippen molar-refractivity contribution >= 4 is 5.91 Å². The van der Waals surface area contributed by atoms with Crippen molar-refractivity contribution in [2.45, 2.75) is 32.2 Å². The van der Waals surface area contributed by atoms with Crippen molar-refractivity contribution in [1.29, 1.82) is 0 Å². The normalized spacial score (nSPS) is 19.6. The molecular formula is C13H13F4NO. The average Bonchev–Trinajstić information content (AvgIpc) is 2.40. The maximum absolute atomic E-state index is 13.5. The lowest BCUT2D eigenvalue weighted by Gasteiger charge is -2.33. The average molecular weight is 275 g/mol. The molecule has 0 saturated carbocycles. The molecule has 0 bridgehead atoms. The van der Waals surface area contributed by atoms with Crippen molar-refractivity contribution in [2.24, 2.45) is 0 Å². The van der Waals surface area contributed by atoms with E-state index < -0.39 is 34.7 Å². The summed E-state index contributed by atoms with van der Waals surface area (Å²) < 4.78 is 52.6. The van der Waals surface area contributed by atoms with Crippen molar-refractivity contribution in [3.63, 3.8) is 0 Å². The van der Waals surface area contributed by atoms with Gasteiger partial charge in [0, 0.05) is 12.6 Å². The second kappa shape index (κ2) is 5.19. The molecule has 0 aliphatic carbocycles. The maximum atomic E-state index is 13.5. The molecule has 1 aromatic carbocycles. The minimum Gasteiger partial charge on any atom is -0.336 e. The lowest BCUT2D eigenvalue weighted by Crippen LogP contribution is -2.42. The highest BCUT2D eigenvalue weighted by molar-refractivity contribution is 5.94. The van der Waals surface area contributed by atoms with Crippen LogP contribution in [0, 0.1) is 23.3 Å². The predicted molar refractivity (Wildman–Crippen MR) is 60.6 cm³/mol. The van der Waals surface area contributed by atoms with Gasteiger partial charge in [-0.2, -0.15) is 0 Å². The first-order valence-corrected chi connectivity index (χ1v) is 6.07. The Balaban J connectivity index is 2.39. The Bertz CT molecular complexity index is 518. The van der Waals surface area contributed by atoms with E-state index in [0.29, 0.717) is 12.6 Å². The fourth-order valence-corrected chi connectivity index (χ4v) is 2.28. The number of rotatable bonds is 1. The Hall–Kier alpha value is -1.59. The molecule has 1 fully saturated rings. The van der Waals surface area contributed by atoms with Crippen molar-refractivity contribution in [3.05, 3.63) is 34.9 Å². The van der Waals surface area contributed by atoms with Gasteiger partial charge < -0.3 is 4.90 Å². The molecule has 1 saturated heterocycles. The molecular weight excluding hydrogens is 262 g/mol. The highest BCUT2D eigenvalue weighted by Gasteiger charge is 2.29. The number of piperidine rings is 1. The topological polar surface area (TPSA) is 20.3 Å². The summed E-state index contributed by atoms with van der Waals surface area (Å²) >= 11 is 0. The highest BCUT2D eigenvalue weighted by Crippen LogP contribution is 2.23. The lowest BCUT2D eigenvalue weighted by atomic mass is 10.0. The van der Waals surface area contributed by atoms with Crippen LogP contribution < -0.4 is 0 Å². The SMILES string of the molecule is CC1CCCCN1C(=O)c1cc(F)c(F)c(F)c1F. The van der Waals surface area contributed by atoms with Crippen LogP contribution in [0.5, 0.6) is 0 Å². The number of carbonyl (C=O) groups excluding carboxylic acids is 1. The lowest BCUT2D eigenvalue weighted by molar-refractivity contribution is 0.0628. The predicted octanol–water partition coefficient (Wildman–Crippen LogP) is 3.26. The smallest absolute Gasteiger partial charge is 0.257 e. The van der Waals surface area contributed by atoms with E-state index in [1.165, 1.54) is 4.90 Å². The van der Waals surface area contributed by atoms with Crippen LogP contribution in [-0.2, 0) is 0 Å².